The molecular formula is C21H30O3. The van der Waals surface area contributed by atoms with Crippen molar-refractivity contribution in [3.8, 4) is 0 Å². The molecule has 2 fully saturated rings. The molecule has 2 saturated carbocycles. The number of ether oxygens (including phenoxy) is 1. The lowest BCUT2D eigenvalue weighted by Gasteiger charge is -2.60. The molecule has 4 aliphatic carbocycles. The highest BCUT2D eigenvalue weighted by atomic mass is 16.5. The number of aliphatic hydroxyl groups is 1. The van der Waals surface area contributed by atoms with Crippen LogP contribution in [0.2, 0.25) is 0 Å². The van der Waals surface area contributed by atoms with Crippen molar-refractivity contribution in [2.24, 2.45) is 28.6 Å². The van der Waals surface area contributed by atoms with Gasteiger partial charge in [0.25, 0.3) is 0 Å². The predicted molar refractivity (Wildman–Crippen MR) is 93.2 cm³/mol. The van der Waals surface area contributed by atoms with Crippen LogP contribution in [0.15, 0.2) is 23.5 Å². The Kier molecular flexibility index (Phi) is 3.39. The van der Waals surface area contributed by atoms with E-state index in [2.05, 4.69) is 32.9 Å². The van der Waals surface area contributed by atoms with Crippen LogP contribution in [0.25, 0.3) is 0 Å². The number of Topliss-reactive ketones (excluding diaryl/α,β-unsaturated/α-hetero) is 1. The Hall–Kier alpha value is -1.09. The molecular weight excluding hydrogens is 300 g/mol. The zero-order chi connectivity index (χ0) is 17.3. The highest BCUT2D eigenvalue weighted by Gasteiger charge is 2.66. The van der Waals surface area contributed by atoms with Crippen molar-refractivity contribution >= 4 is 5.78 Å². The smallest absolute Gasteiger partial charge is 0.141 e. The zero-order valence-electron chi connectivity index (χ0n) is 15.4. The van der Waals surface area contributed by atoms with Gasteiger partial charge >= 0.3 is 0 Å². The Balaban J connectivity index is 1.78. The van der Waals surface area contributed by atoms with Crippen LogP contribution >= 0.6 is 0 Å². The number of hydrogen-bond acceptors (Lipinski definition) is 3. The maximum atomic E-state index is 12.8. The average Bonchev–Trinajstić information content (AvgIpc) is 2.79. The summed E-state index contributed by atoms with van der Waals surface area (Å²) < 4.78 is 5.46. The van der Waals surface area contributed by atoms with E-state index in [9.17, 15) is 9.90 Å². The summed E-state index contributed by atoms with van der Waals surface area (Å²) in [6, 6.07) is 0. The number of rotatable bonds is 1. The molecule has 4 rings (SSSR count). The van der Waals surface area contributed by atoms with Crippen molar-refractivity contribution in [2.75, 3.05) is 7.11 Å². The van der Waals surface area contributed by atoms with Crippen LogP contribution in [0.4, 0.5) is 0 Å². The molecule has 0 aromatic rings. The standard InChI is InChI=1S/C21H30O3/c1-13-11-17-16-6-5-14-12-15(24-4)7-8-20(14,3)21(16,23)10-9-19(17,2)18(13)22/h5,12-13,16-17,23H,6-11H2,1-4H3/t13-,16-,17-,19-,20-,21+/m0/s1. The van der Waals surface area contributed by atoms with Crippen molar-refractivity contribution in [3.63, 3.8) is 0 Å². The molecule has 4 aliphatic rings. The minimum atomic E-state index is -0.693. The van der Waals surface area contributed by atoms with Crippen LogP contribution in [0.5, 0.6) is 0 Å². The molecule has 1 N–H and O–H groups in total. The van der Waals surface area contributed by atoms with Crippen molar-refractivity contribution < 1.29 is 14.6 Å². The molecule has 6 atom stereocenters. The van der Waals surface area contributed by atoms with Gasteiger partial charge < -0.3 is 9.84 Å². The van der Waals surface area contributed by atoms with Gasteiger partial charge in [-0.1, -0.05) is 26.8 Å². The van der Waals surface area contributed by atoms with Crippen molar-refractivity contribution in [1.29, 1.82) is 0 Å². The fraction of sp³-hybridized carbons (Fsp3) is 0.762. The number of carbonyl (C=O) groups is 1. The number of hydrogen-bond donors (Lipinski definition) is 1. The first kappa shape index (κ1) is 16.4. The van der Waals surface area contributed by atoms with E-state index < -0.39 is 5.60 Å². The molecule has 0 heterocycles. The molecule has 0 spiro atoms. The minimum absolute atomic E-state index is 0.145. The van der Waals surface area contributed by atoms with Gasteiger partial charge in [0, 0.05) is 23.2 Å². The van der Waals surface area contributed by atoms with Gasteiger partial charge in [-0.25, -0.2) is 0 Å². The molecule has 3 nitrogen and oxygen atoms in total. The van der Waals surface area contributed by atoms with Gasteiger partial charge in [0.1, 0.15) is 5.78 Å². The molecule has 24 heavy (non-hydrogen) atoms. The Bertz CT molecular complexity index is 647. The van der Waals surface area contributed by atoms with Crippen molar-refractivity contribution in [1.82, 2.24) is 0 Å². The normalized spacial score (nSPS) is 50.4. The average molecular weight is 330 g/mol. The minimum Gasteiger partial charge on any atom is -0.501 e. The van der Waals surface area contributed by atoms with E-state index >= 15 is 0 Å². The Morgan fingerprint density at radius 2 is 1.96 bits per heavy atom. The second-order valence-electron chi connectivity index (χ2n) is 9.10. The first-order valence-electron chi connectivity index (χ1n) is 9.48. The van der Waals surface area contributed by atoms with Crippen LogP contribution in [-0.4, -0.2) is 23.6 Å². The van der Waals surface area contributed by atoms with Crippen LogP contribution in [-0.2, 0) is 9.53 Å². The monoisotopic (exact) mass is 330 g/mol. The van der Waals surface area contributed by atoms with E-state index in [4.69, 9.17) is 4.74 Å². The maximum Gasteiger partial charge on any atom is 0.141 e. The van der Waals surface area contributed by atoms with Gasteiger partial charge in [0.05, 0.1) is 18.5 Å². The van der Waals surface area contributed by atoms with Crippen LogP contribution in [0.1, 0.15) is 59.3 Å². The van der Waals surface area contributed by atoms with Crippen LogP contribution < -0.4 is 0 Å². The Labute approximate surface area is 145 Å². The predicted octanol–water partition coefficient (Wildman–Crippen LogP) is 4.02. The van der Waals surface area contributed by atoms with Gasteiger partial charge in [0.15, 0.2) is 0 Å². The molecule has 0 aliphatic heterocycles. The molecule has 0 aromatic carbocycles. The van der Waals surface area contributed by atoms with Gasteiger partial charge in [-0.05, 0) is 55.6 Å². The Morgan fingerprint density at radius 1 is 1.21 bits per heavy atom. The largest absolute Gasteiger partial charge is 0.501 e. The third-order valence-electron chi connectivity index (χ3n) is 8.20. The molecule has 0 aromatic heterocycles. The quantitative estimate of drug-likeness (QED) is 0.790. The molecule has 0 bridgehead atoms. The highest BCUT2D eigenvalue weighted by Crippen LogP contribution is 2.66. The summed E-state index contributed by atoms with van der Waals surface area (Å²) in [4.78, 5) is 12.8. The van der Waals surface area contributed by atoms with E-state index in [1.54, 1.807) is 7.11 Å². The maximum absolute atomic E-state index is 12.8. The zero-order valence-corrected chi connectivity index (χ0v) is 15.4. The number of carbonyl (C=O) groups excluding carboxylic acids is 1. The summed E-state index contributed by atoms with van der Waals surface area (Å²) >= 11 is 0. The number of methoxy groups -OCH3 is 1. The fourth-order valence-electron chi connectivity index (χ4n) is 6.51. The summed E-state index contributed by atoms with van der Waals surface area (Å²) in [6.45, 7) is 6.47. The number of ketones is 1. The topological polar surface area (TPSA) is 46.5 Å². The summed E-state index contributed by atoms with van der Waals surface area (Å²) in [5.74, 6) is 2.12. The summed E-state index contributed by atoms with van der Waals surface area (Å²) in [6.07, 6.45) is 9.68. The first-order chi connectivity index (χ1) is 11.3. The summed E-state index contributed by atoms with van der Waals surface area (Å²) in [5.41, 5.74) is 0.112. The summed E-state index contributed by atoms with van der Waals surface area (Å²) in [7, 11) is 1.73. The Morgan fingerprint density at radius 3 is 2.67 bits per heavy atom. The second kappa shape index (κ2) is 4.97. The molecule has 3 heteroatoms. The van der Waals surface area contributed by atoms with Crippen molar-refractivity contribution in [2.45, 2.75) is 64.9 Å². The summed E-state index contributed by atoms with van der Waals surface area (Å²) in [5, 5.41) is 11.9. The lowest BCUT2D eigenvalue weighted by atomic mass is 9.46. The second-order valence-corrected chi connectivity index (χ2v) is 9.10. The SMILES string of the molecule is COC1=CC2=CC[C@H]3[C@@H]4C[C@H](C)C(=O)[C@@]4(C)CC[C@]3(O)[C@@]2(C)CC1. The lowest BCUT2D eigenvalue weighted by Crippen LogP contribution is -2.62. The third kappa shape index (κ3) is 1.80. The molecule has 0 radical (unpaired) electrons. The fourth-order valence-corrected chi connectivity index (χ4v) is 6.51. The molecule has 132 valence electrons. The number of fused-ring (bicyclic) bond motifs is 5. The van der Waals surface area contributed by atoms with E-state index in [0.29, 0.717) is 11.7 Å². The van der Waals surface area contributed by atoms with Gasteiger partial charge in [-0.3, -0.25) is 4.79 Å². The molecule has 0 amide bonds. The van der Waals surface area contributed by atoms with Crippen molar-refractivity contribution in [3.05, 3.63) is 23.5 Å². The molecule has 0 unspecified atom stereocenters. The molecule has 0 saturated heterocycles. The van der Waals surface area contributed by atoms with E-state index in [-0.39, 0.29) is 22.7 Å². The first-order valence-corrected chi connectivity index (χ1v) is 9.48. The van der Waals surface area contributed by atoms with Crippen LogP contribution in [0.3, 0.4) is 0 Å². The van der Waals surface area contributed by atoms with E-state index in [1.807, 2.05) is 0 Å². The van der Waals surface area contributed by atoms with Crippen LogP contribution in [0, 0.1) is 28.6 Å². The highest BCUT2D eigenvalue weighted by molar-refractivity contribution is 5.89. The van der Waals surface area contributed by atoms with Gasteiger partial charge in [0.2, 0.25) is 0 Å². The third-order valence-corrected chi connectivity index (χ3v) is 8.20. The van der Waals surface area contributed by atoms with Gasteiger partial charge in [-0.2, -0.15) is 0 Å². The van der Waals surface area contributed by atoms with Gasteiger partial charge in [-0.15, -0.1) is 0 Å². The number of allylic oxidation sites excluding steroid dienone is 3. The lowest BCUT2D eigenvalue weighted by molar-refractivity contribution is -0.178. The van der Waals surface area contributed by atoms with E-state index in [1.165, 1.54) is 5.57 Å². The van der Waals surface area contributed by atoms with E-state index in [0.717, 1.165) is 44.3 Å².